The molecule has 2 aliphatic heterocycles. The second-order valence-corrected chi connectivity index (χ2v) is 6.62. The van der Waals surface area contributed by atoms with Crippen molar-refractivity contribution in [1.29, 1.82) is 0 Å². The van der Waals surface area contributed by atoms with E-state index in [1.54, 1.807) is 4.90 Å². The number of carbonyl (C=O) groups excluding carboxylic acids is 1. The summed E-state index contributed by atoms with van der Waals surface area (Å²) in [5.74, 6) is -1.21. The zero-order valence-corrected chi connectivity index (χ0v) is 12.8. The van der Waals surface area contributed by atoms with Crippen LogP contribution in [0.5, 0.6) is 0 Å². The van der Waals surface area contributed by atoms with Crippen LogP contribution in [0, 0.1) is 12.8 Å². The number of aryl methyl sites for hydroxylation is 1. The number of rotatable bonds is 2. The second kappa shape index (κ2) is 4.88. The number of carboxylic acids is 1. The number of aliphatic carboxylic acids is 1. The van der Waals surface area contributed by atoms with Gasteiger partial charge in [0.05, 0.1) is 5.92 Å². The first-order chi connectivity index (χ1) is 9.47. The van der Waals surface area contributed by atoms with E-state index >= 15 is 0 Å². The molecule has 106 valence electrons. The van der Waals surface area contributed by atoms with Gasteiger partial charge in [0.2, 0.25) is 0 Å². The Morgan fingerprint density at radius 1 is 1.30 bits per heavy atom. The van der Waals surface area contributed by atoms with E-state index in [0.717, 1.165) is 22.9 Å². The summed E-state index contributed by atoms with van der Waals surface area (Å²) >= 11 is 3.41. The fourth-order valence-electron chi connectivity index (χ4n) is 3.58. The Bertz CT molecular complexity index is 566. The molecule has 0 aliphatic carbocycles. The lowest BCUT2D eigenvalue weighted by Crippen LogP contribution is -2.37. The molecule has 3 atom stereocenters. The highest BCUT2D eigenvalue weighted by Gasteiger charge is 2.51. The molecule has 2 aliphatic rings. The lowest BCUT2D eigenvalue weighted by atomic mass is 9.89. The van der Waals surface area contributed by atoms with Gasteiger partial charge in [0.1, 0.15) is 0 Å². The summed E-state index contributed by atoms with van der Waals surface area (Å²) in [5.41, 5.74) is 1.66. The number of fused-ring (bicyclic) bond motifs is 2. The predicted octanol–water partition coefficient (Wildman–Crippen LogP) is 2.84. The SMILES string of the molecule is Cc1cc(Br)cc(C(=O)N2C3CCC2C(C(=O)O)C3)c1. The molecule has 20 heavy (non-hydrogen) atoms. The lowest BCUT2D eigenvalue weighted by Gasteiger charge is -2.23. The van der Waals surface area contributed by atoms with Crippen LogP contribution in [0.1, 0.15) is 35.2 Å². The maximum atomic E-state index is 12.7. The summed E-state index contributed by atoms with van der Waals surface area (Å²) in [7, 11) is 0. The zero-order valence-electron chi connectivity index (χ0n) is 11.2. The fraction of sp³-hybridized carbons (Fsp3) is 0.467. The van der Waals surface area contributed by atoms with Crippen molar-refractivity contribution in [2.75, 3.05) is 0 Å². The molecule has 0 radical (unpaired) electrons. The minimum Gasteiger partial charge on any atom is -0.481 e. The van der Waals surface area contributed by atoms with Crippen molar-refractivity contribution in [3.05, 3.63) is 33.8 Å². The van der Waals surface area contributed by atoms with E-state index in [1.165, 1.54) is 0 Å². The molecule has 5 heteroatoms. The number of halogens is 1. The van der Waals surface area contributed by atoms with Crippen molar-refractivity contribution in [2.24, 2.45) is 5.92 Å². The maximum Gasteiger partial charge on any atom is 0.308 e. The summed E-state index contributed by atoms with van der Waals surface area (Å²) in [6.07, 6.45) is 2.33. The maximum absolute atomic E-state index is 12.7. The third-order valence-electron chi connectivity index (χ3n) is 4.38. The van der Waals surface area contributed by atoms with Crippen LogP contribution in [0.25, 0.3) is 0 Å². The Morgan fingerprint density at radius 3 is 2.65 bits per heavy atom. The summed E-state index contributed by atoms with van der Waals surface area (Å²) < 4.78 is 0.877. The van der Waals surface area contributed by atoms with Gasteiger partial charge in [-0.1, -0.05) is 15.9 Å². The lowest BCUT2D eigenvalue weighted by molar-refractivity contribution is -0.142. The average Bonchev–Trinajstić information content (AvgIpc) is 2.94. The van der Waals surface area contributed by atoms with Crippen LogP contribution < -0.4 is 0 Å². The van der Waals surface area contributed by atoms with Crippen LogP contribution >= 0.6 is 15.9 Å². The highest BCUT2D eigenvalue weighted by molar-refractivity contribution is 9.10. The number of carboxylic acid groups (broad SMARTS) is 1. The first-order valence-electron chi connectivity index (χ1n) is 6.80. The number of carbonyl (C=O) groups is 2. The van der Waals surface area contributed by atoms with Crippen molar-refractivity contribution in [3.8, 4) is 0 Å². The Kier molecular flexibility index (Phi) is 3.32. The number of hydrogen-bond acceptors (Lipinski definition) is 2. The van der Waals surface area contributed by atoms with Crippen molar-refractivity contribution in [1.82, 2.24) is 4.90 Å². The molecule has 2 saturated heterocycles. The molecule has 0 saturated carbocycles. The van der Waals surface area contributed by atoms with E-state index in [-0.39, 0.29) is 18.0 Å². The summed E-state index contributed by atoms with van der Waals surface area (Å²) in [4.78, 5) is 25.8. The molecule has 3 unspecified atom stereocenters. The van der Waals surface area contributed by atoms with Crippen molar-refractivity contribution in [2.45, 2.75) is 38.3 Å². The molecule has 2 heterocycles. The van der Waals surface area contributed by atoms with E-state index < -0.39 is 11.9 Å². The van der Waals surface area contributed by atoms with E-state index in [0.29, 0.717) is 12.0 Å². The zero-order chi connectivity index (χ0) is 14.4. The number of nitrogens with zero attached hydrogens (tertiary/aromatic N) is 1. The van der Waals surface area contributed by atoms with Gasteiger partial charge in [0.15, 0.2) is 0 Å². The van der Waals surface area contributed by atoms with Gasteiger partial charge >= 0.3 is 5.97 Å². The van der Waals surface area contributed by atoms with Gasteiger partial charge in [-0.25, -0.2) is 0 Å². The largest absolute Gasteiger partial charge is 0.481 e. The minimum absolute atomic E-state index is 0.0364. The normalized spacial score (nSPS) is 27.9. The van der Waals surface area contributed by atoms with Crippen molar-refractivity contribution >= 4 is 27.8 Å². The molecule has 2 bridgehead atoms. The van der Waals surface area contributed by atoms with E-state index in [1.807, 2.05) is 25.1 Å². The van der Waals surface area contributed by atoms with Crippen LogP contribution in [0.4, 0.5) is 0 Å². The summed E-state index contributed by atoms with van der Waals surface area (Å²) in [6.45, 7) is 1.94. The van der Waals surface area contributed by atoms with Gasteiger partial charge in [-0.2, -0.15) is 0 Å². The van der Waals surface area contributed by atoms with Gasteiger partial charge in [0.25, 0.3) is 5.91 Å². The molecule has 1 amide bonds. The average molecular weight is 338 g/mol. The topological polar surface area (TPSA) is 57.6 Å². The van der Waals surface area contributed by atoms with Gasteiger partial charge in [-0.05, 0) is 49.9 Å². The van der Waals surface area contributed by atoms with Gasteiger partial charge < -0.3 is 10.0 Å². The second-order valence-electron chi connectivity index (χ2n) is 5.71. The molecule has 4 nitrogen and oxygen atoms in total. The molecule has 0 spiro atoms. The van der Waals surface area contributed by atoms with Crippen LogP contribution in [0.3, 0.4) is 0 Å². The minimum atomic E-state index is -0.777. The summed E-state index contributed by atoms with van der Waals surface area (Å²) in [6, 6.07) is 5.58. The van der Waals surface area contributed by atoms with Crippen LogP contribution in [-0.4, -0.2) is 34.0 Å². The van der Waals surface area contributed by atoms with Crippen LogP contribution in [-0.2, 0) is 4.79 Å². The van der Waals surface area contributed by atoms with E-state index in [2.05, 4.69) is 15.9 Å². The molecule has 3 rings (SSSR count). The third-order valence-corrected chi connectivity index (χ3v) is 4.84. The van der Waals surface area contributed by atoms with Gasteiger partial charge in [-0.3, -0.25) is 9.59 Å². The molecular formula is C15H16BrNO3. The number of amides is 1. The first kappa shape index (κ1) is 13.6. The smallest absolute Gasteiger partial charge is 0.308 e. The number of benzene rings is 1. The number of hydrogen-bond donors (Lipinski definition) is 1. The standard InChI is InChI=1S/C15H16BrNO3/c1-8-4-9(6-10(16)5-8)14(18)17-11-2-3-13(17)12(7-11)15(19)20/h4-6,11-13H,2-3,7H2,1H3,(H,19,20). The van der Waals surface area contributed by atoms with E-state index in [4.69, 9.17) is 0 Å². The van der Waals surface area contributed by atoms with Crippen molar-refractivity contribution in [3.63, 3.8) is 0 Å². The first-order valence-corrected chi connectivity index (χ1v) is 7.59. The Morgan fingerprint density at radius 2 is 2.05 bits per heavy atom. The summed E-state index contributed by atoms with van der Waals surface area (Å²) in [5, 5.41) is 9.25. The Balaban J connectivity index is 1.90. The van der Waals surface area contributed by atoms with E-state index in [9.17, 15) is 14.7 Å². The monoisotopic (exact) mass is 337 g/mol. The molecule has 2 fully saturated rings. The Labute approximate surface area is 125 Å². The fourth-order valence-corrected chi connectivity index (χ4v) is 4.19. The third kappa shape index (κ3) is 2.14. The molecular weight excluding hydrogens is 322 g/mol. The van der Waals surface area contributed by atoms with Crippen LogP contribution in [0.2, 0.25) is 0 Å². The highest BCUT2D eigenvalue weighted by Crippen LogP contribution is 2.42. The molecule has 1 aromatic rings. The van der Waals surface area contributed by atoms with Crippen molar-refractivity contribution < 1.29 is 14.7 Å². The predicted molar refractivity (Wildman–Crippen MR) is 77.6 cm³/mol. The van der Waals surface area contributed by atoms with Gasteiger partial charge in [0, 0.05) is 22.1 Å². The molecule has 0 aromatic heterocycles. The molecule has 1 aromatic carbocycles. The Hall–Kier alpha value is -1.36. The highest BCUT2D eigenvalue weighted by atomic mass is 79.9. The molecule has 1 N–H and O–H groups in total. The quantitative estimate of drug-likeness (QED) is 0.902. The van der Waals surface area contributed by atoms with Crippen LogP contribution in [0.15, 0.2) is 22.7 Å². The van der Waals surface area contributed by atoms with Gasteiger partial charge in [-0.15, -0.1) is 0 Å².